The number of ether oxygens (including phenoxy) is 5. The summed E-state index contributed by atoms with van der Waals surface area (Å²) in [5.41, 5.74) is 3.74. The minimum absolute atomic E-state index is 0.0165. The van der Waals surface area contributed by atoms with Gasteiger partial charge in [0.25, 0.3) is 11.8 Å². The zero-order chi connectivity index (χ0) is 57.1. The van der Waals surface area contributed by atoms with E-state index >= 15 is 0 Å². The van der Waals surface area contributed by atoms with Crippen LogP contribution in [-0.4, -0.2) is 143 Å². The van der Waals surface area contributed by atoms with Crippen molar-refractivity contribution in [3.8, 4) is 5.75 Å². The van der Waals surface area contributed by atoms with Crippen molar-refractivity contribution in [2.24, 2.45) is 10.9 Å². The summed E-state index contributed by atoms with van der Waals surface area (Å²) in [6.07, 6.45) is 1.63. The molecule has 4 aliphatic rings. The van der Waals surface area contributed by atoms with E-state index in [0.717, 1.165) is 22.0 Å². The van der Waals surface area contributed by atoms with E-state index in [9.17, 15) is 33.6 Å². The number of esters is 1. The summed E-state index contributed by atoms with van der Waals surface area (Å²) in [6, 6.07) is 17.8. The van der Waals surface area contributed by atoms with E-state index < -0.39 is 47.4 Å². The van der Waals surface area contributed by atoms with Gasteiger partial charge >= 0.3 is 12.1 Å². The van der Waals surface area contributed by atoms with Crippen molar-refractivity contribution in [2.75, 3.05) is 69.9 Å². The third-order valence-electron chi connectivity index (χ3n) is 13.8. The molecule has 3 aromatic carbocycles. The molecule has 426 valence electrons. The summed E-state index contributed by atoms with van der Waals surface area (Å²) in [6.45, 7) is 13.3. The Morgan fingerprint density at radius 1 is 0.850 bits per heavy atom. The summed E-state index contributed by atoms with van der Waals surface area (Å²) in [5, 5.41) is 17.9. The zero-order valence-corrected chi connectivity index (χ0v) is 47.4. The number of anilines is 2. The number of carbonyl (C=O) groups is 7. The molecular weight excluding hydrogens is 1070 g/mol. The first-order valence-electron chi connectivity index (χ1n) is 26.9. The third-order valence-corrected chi connectivity index (χ3v) is 15.4. The maximum atomic E-state index is 13.7. The maximum Gasteiger partial charge on any atom is 0.409 e. The lowest BCUT2D eigenvalue weighted by Gasteiger charge is -2.27. The number of halogens is 1. The van der Waals surface area contributed by atoms with Crippen LogP contribution in [0.1, 0.15) is 129 Å². The number of aryl methyl sites for hydroxylation is 1. The van der Waals surface area contributed by atoms with E-state index in [0.29, 0.717) is 47.2 Å². The van der Waals surface area contributed by atoms with Gasteiger partial charge in [0.2, 0.25) is 17.7 Å². The summed E-state index contributed by atoms with van der Waals surface area (Å²) in [4.78, 5) is 99.0. The second-order valence-corrected chi connectivity index (χ2v) is 22.5. The van der Waals surface area contributed by atoms with Gasteiger partial charge in [0.1, 0.15) is 35.9 Å². The Labute approximate surface area is 473 Å². The highest BCUT2D eigenvalue weighted by atomic mass is 35.5. The first-order chi connectivity index (χ1) is 38.4. The number of rotatable bonds is 25. The number of hydrogen-bond acceptors (Lipinski definition) is 17. The Balaban J connectivity index is 0.789. The standard InChI is InChI=1S/C57H68ClN9O12S/c1-34-35(2)80-55-48(34)50(37-14-16-38(58)17-15-37)61-43(51-64-63-36(3)66(51)55)33-46(69)60-39-18-20-40(21-19-39)77-32-31-76-30-26-65(56(74)78-27-9-7-8-13-47(70)79-57(4,5)6)25-29-75-28-24-59-42-12-10-11-41-49(42)54(73)67(53(41)72)44-22-23-45(68)62-52(44)71/h10-12,14-21,43-44,48,55,59H,7-9,13,22-33H2,1-6H3,(H,60,69)(H,62,68,71)/t43-,44?,48?,55?/m0/s1. The second-order valence-electron chi connectivity index (χ2n) is 20.7. The Kier molecular flexibility index (Phi) is 19.8. The Hall–Kier alpha value is -7.14. The van der Waals surface area contributed by atoms with Gasteiger partial charge in [-0.25, -0.2) is 4.79 Å². The molecule has 0 radical (unpaired) electrons. The van der Waals surface area contributed by atoms with Crippen molar-refractivity contribution in [3.05, 3.63) is 111 Å². The lowest BCUT2D eigenvalue weighted by molar-refractivity contribution is -0.155. The Morgan fingerprint density at radius 2 is 1.59 bits per heavy atom. The molecule has 8 rings (SSSR count). The molecule has 80 heavy (non-hydrogen) atoms. The van der Waals surface area contributed by atoms with Gasteiger partial charge in [0.05, 0.1) is 67.6 Å². The minimum atomic E-state index is -1.08. The molecule has 4 aromatic rings. The Morgan fingerprint density at radius 3 is 2.31 bits per heavy atom. The number of aromatic nitrogens is 3. The SMILES string of the molecule is CC1=C(C)C2C(c3ccc(Cl)cc3)=N[C@@H](CC(=O)Nc3ccc(OCCOCCN(CCOCCNc4cccc5c4C(=O)N(C4CCC(=O)NC4=O)C5=O)C(=O)OCCCCCC(=O)OC(C)(C)C)cc3)c3nnc(C)n3C2S1. The van der Waals surface area contributed by atoms with Crippen LogP contribution in [0.15, 0.2) is 82.2 Å². The van der Waals surface area contributed by atoms with Crippen molar-refractivity contribution < 1.29 is 57.2 Å². The van der Waals surface area contributed by atoms with Gasteiger partial charge in [0, 0.05) is 48.9 Å². The van der Waals surface area contributed by atoms with Gasteiger partial charge in [-0.05, 0) is 126 Å². The van der Waals surface area contributed by atoms with Gasteiger partial charge in [-0.2, -0.15) is 0 Å². The van der Waals surface area contributed by atoms with Gasteiger partial charge < -0.3 is 39.2 Å². The van der Waals surface area contributed by atoms with Crippen molar-refractivity contribution >= 4 is 82.0 Å². The predicted molar refractivity (Wildman–Crippen MR) is 300 cm³/mol. The number of amides is 6. The molecule has 0 bridgehead atoms. The number of thioether (sulfide) groups is 1. The number of aliphatic imine (C=N–C) groups is 1. The number of piperidine rings is 1. The average Bonchev–Trinajstić information content (AvgIpc) is 4.01. The van der Waals surface area contributed by atoms with E-state index in [2.05, 4.69) is 44.6 Å². The predicted octanol–water partition coefficient (Wildman–Crippen LogP) is 8.23. The number of allylic oxidation sites excluding steroid dienone is 2. The topological polar surface area (TPSA) is 251 Å². The van der Waals surface area contributed by atoms with E-state index in [1.54, 1.807) is 48.2 Å². The van der Waals surface area contributed by atoms with E-state index in [-0.39, 0.29) is 119 Å². The molecule has 4 aliphatic heterocycles. The van der Waals surface area contributed by atoms with Gasteiger partial charge in [-0.15, -0.1) is 22.0 Å². The zero-order valence-electron chi connectivity index (χ0n) is 45.8. The van der Waals surface area contributed by atoms with Crippen molar-refractivity contribution in [1.29, 1.82) is 0 Å². The van der Waals surface area contributed by atoms with Crippen molar-refractivity contribution in [3.63, 3.8) is 0 Å². The second kappa shape index (κ2) is 26.9. The van der Waals surface area contributed by atoms with Crippen LogP contribution in [-0.2, 0) is 38.1 Å². The first kappa shape index (κ1) is 59.0. The van der Waals surface area contributed by atoms with Gasteiger partial charge in [-0.3, -0.25) is 48.5 Å². The molecule has 21 nitrogen and oxygen atoms in total. The van der Waals surface area contributed by atoms with Gasteiger partial charge in [-0.1, -0.05) is 35.4 Å². The average molecular weight is 1140 g/mol. The molecule has 0 saturated carbocycles. The molecule has 0 spiro atoms. The van der Waals surface area contributed by atoms with Crippen LogP contribution < -0.4 is 20.7 Å². The highest BCUT2D eigenvalue weighted by Crippen LogP contribution is 2.53. The summed E-state index contributed by atoms with van der Waals surface area (Å²) < 4.78 is 30.8. The molecule has 23 heteroatoms. The van der Waals surface area contributed by atoms with E-state index in [4.69, 9.17) is 40.3 Å². The Bertz CT molecular complexity index is 3010. The van der Waals surface area contributed by atoms with Crippen LogP contribution in [0.3, 0.4) is 0 Å². The van der Waals surface area contributed by atoms with Crippen molar-refractivity contribution in [1.82, 2.24) is 29.9 Å². The molecule has 1 saturated heterocycles. The van der Waals surface area contributed by atoms with Crippen molar-refractivity contribution in [2.45, 2.75) is 110 Å². The van der Waals surface area contributed by atoms with E-state index in [1.807, 2.05) is 52.0 Å². The molecule has 1 fully saturated rings. The monoisotopic (exact) mass is 1140 g/mol. The number of nitrogens with zero attached hydrogens (tertiary/aromatic N) is 6. The fourth-order valence-corrected chi connectivity index (χ4v) is 11.4. The molecule has 1 aromatic heterocycles. The fraction of sp³-hybridized carbons (Fsp3) is 0.474. The maximum absolute atomic E-state index is 13.7. The van der Waals surface area contributed by atoms with Crippen LogP contribution >= 0.6 is 23.4 Å². The number of benzene rings is 3. The smallest absolute Gasteiger partial charge is 0.409 e. The van der Waals surface area contributed by atoms with Gasteiger partial charge in [0.15, 0.2) is 5.82 Å². The first-order valence-corrected chi connectivity index (χ1v) is 28.1. The number of hydrogen-bond donors (Lipinski definition) is 3. The number of carbonyl (C=O) groups excluding carboxylic acids is 7. The molecule has 6 amide bonds. The largest absolute Gasteiger partial charge is 0.491 e. The quantitative estimate of drug-likeness (QED) is 0.0321. The number of nitrogens with one attached hydrogen (secondary N) is 3. The lowest BCUT2D eigenvalue weighted by atomic mass is 9.90. The number of fused-ring (bicyclic) bond motifs is 4. The lowest BCUT2D eigenvalue weighted by Crippen LogP contribution is -2.54. The highest BCUT2D eigenvalue weighted by Gasteiger charge is 2.46. The summed E-state index contributed by atoms with van der Waals surface area (Å²) in [5.74, 6) is -0.968. The van der Waals surface area contributed by atoms with Crippen LogP contribution in [0.5, 0.6) is 5.75 Å². The minimum Gasteiger partial charge on any atom is -0.491 e. The molecular formula is C57H68ClN9O12S. The summed E-state index contributed by atoms with van der Waals surface area (Å²) in [7, 11) is 0. The summed E-state index contributed by atoms with van der Waals surface area (Å²) >= 11 is 8.04. The normalized spacial score (nSPS) is 18.7. The third kappa shape index (κ3) is 14.8. The number of unbranched alkanes of at least 4 members (excludes halogenated alkanes) is 2. The fourth-order valence-electron chi connectivity index (χ4n) is 9.76. The van der Waals surface area contributed by atoms with Crippen LogP contribution in [0.2, 0.25) is 5.02 Å². The van der Waals surface area contributed by atoms with Crippen LogP contribution in [0, 0.1) is 12.8 Å². The highest BCUT2D eigenvalue weighted by molar-refractivity contribution is 8.03. The number of imide groups is 2. The van der Waals surface area contributed by atoms with Crippen LogP contribution in [0.25, 0.3) is 0 Å². The molecule has 5 heterocycles. The molecule has 4 atom stereocenters. The van der Waals surface area contributed by atoms with E-state index in [1.165, 1.54) is 21.4 Å². The van der Waals surface area contributed by atoms with Crippen LogP contribution in [0.4, 0.5) is 16.2 Å². The molecule has 0 aliphatic carbocycles. The molecule has 3 N–H and O–H groups in total. The molecule has 3 unspecified atom stereocenters.